The molecule has 112 valence electrons. The predicted molar refractivity (Wildman–Crippen MR) is 79.5 cm³/mol. The minimum atomic E-state index is -0.817. The number of hydrogen-bond donors (Lipinski definition) is 1. The Balaban J connectivity index is 2.30. The van der Waals surface area contributed by atoms with Crippen LogP contribution in [0.15, 0.2) is 30.5 Å². The Bertz CT molecular complexity index is 645. The van der Waals surface area contributed by atoms with Gasteiger partial charge in [0, 0.05) is 24.2 Å². The molecule has 5 heteroatoms. The molecule has 0 fully saturated rings. The highest BCUT2D eigenvalue weighted by molar-refractivity contribution is 5.82. The molecule has 2 aromatic rings. The van der Waals surface area contributed by atoms with Crippen molar-refractivity contribution in [2.24, 2.45) is 0 Å². The van der Waals surface area contributed by atoms with Gasteiger partial charge in [0.1, 0.15) is 5.82 Å². The topological polar surface area (TPSA) is 53.4 Å². The van der Waals surface area contributed by atoms with Crippen LogP contribution in [0.2, 0.25) is 0 Å². The Hall–Kier alpha value is -2.01. The molecule has 1 atom stereocenters. The minimum absolute atomic E-state index is 0.0837. The van der Waals surface area contributed by atoms with Crippen molar-refractivity contribution in [1.29, 1.82) is 0 Å². The smallest absolute Gasteiger partial charge is 0.304 e. The van der Waals surface area contributed by atoms with Crippen LogP contribution in [0.4, 0.5) is 4.39 Å². The van der Waals surface area contributed by atoms with Gasteiger partial charge >= 0.3 is 5.97 Å². The average molecular weight is 290 g/mol. The molecule has 1 aromatic heterocycles. The van der Waals surface area contributed by atoms with Crippen LogP contribution in [0, 0.1) is 5.82 Å². The second-order valence-electron chi connectivity index (χ2n) is 5.12. The molecule has 0 spiro atoms. The van der Waals surface area contributed by atoms with Crippen LogP contribution >= 0.6 is 0 Å². The summed E-state index contributed by atoms with van der Waals surface area (Å²) in [6, 6.07) is 6.49. The van der Waals surface area contributed by atoms with Crippen LogP contribution in [0.25, 0.3) is 10.9 Å². The van der Waals surface area contributed by atoms with E-state index in [1.165, 1.54) is 6.07 Å². The van der Waals surface area contributed by atoms with Gasteiger partial charge in [-0.15, -0.1) is 0 Å². The zero-order valence-corrected chi connectivity index (χ0v) is 12.2. The van der Waals surface area contributed by atoms with Crippen LogP contribution in [0.3, 0.4) is 0 Å². The molecule has 0 bridgehead atoms. The summed E-state index contributed by atoms with van der Waals surface area (Å²) >= 11 is 0. The molecule has 1 heterocycles. The number of hydrogen-bond acceptors (Lipinski definition) is 3. The van der Waals surface area contributed by atoms with E-state index in [9.17, 15) is 9.18 Å². The molecule has 0 aliphatic heterocycles. The zero-order valence-electron chi connectivity index (χ0n) is 12.2. The highest BCUT2D eigenvalue weighted by atomic mass is 19.1. The van der Waals surface area contributed by atoms with Crippen LogP contribution in [-0.4, -0.2) is 33.5 Å². The largest absolute Gasteiger partial charge is 0.481 e. The molecule has 0 radical (unpaired) electrons. The Morgan fingerprint density at radius 2 is 2.19 bits per heavy atom. The van der Waals surface area contributed by atoms with Crippen LogP contribution in [0.1, 0.15) is 25.8 Å². The molecule has 0 saturated carbocycles. The van der Waals surface area contributed by atoms with Crippen molar-refractivity contribution in [1.82, 2.24) is 9.88 Å². The van der Waals surface area contributed by atoms with Crippen LogP contribution in [-0.2, 0) is 11.3 Å². The Labute approximate surface area is 123 Å². The van der Waals surface area contributed by atoms with Gasteiger partial charge in [-0.2, -0.15) is 0 Å². The van der Waals surface area contributed by atoms with Gasteiger partial charge in [-0.3, -0.25) is 14.7 Å². The lowest BCUT2D eigenvalue weighted by atomic mass is 10.1. The maximum Gasteiger partial charge on any atom is 0.304 e. The van der Waals surface area contributed by atoms with Crippen molar-refractivity contribution < 1.29 is 14.3 Å². The van der Waals surface area contributed by atoms with E-state index in [-0.39, 0.29) is 18.3 Å². The zero-order chi connectivity index (χ0) is 15.4. The predicted octanol–water partition coefficient (Wildman–Crippen LogP) is 3.06. The summed E-state index contributed by atoms with van der Waals surface area (Å²) in [5, 5.41) is 9.41. The Morgan fingerprint density at radius 3 is 2.86 bits per heavy atom. The first kappa shape index (κ1) is 15.4. The highest BCUT2D eigenvalue weighted by Gasteiger charge is 2.17. The fourth-order valence-electron chi connectivity index (χ4n) is 2.50. The number of carboxylic acids is 1. The lowest BCUT2D eigenvalue weighted by Crippen LogP contribution is -2.34. The van der Waals surface area contributed by atoms with E-state index >= 15 is 0 Å². The quantitative estimate of drug-likeness (QED) is 0.888. The molecule has 21 heavy (non-hydrogen) atoms. The van der Waals surface area contributed by atoms with Gasteiger partial charge in [-0.25, -0.2) is 4.39 Å². The van der Waals surface area contributed by atoms with E-state index in [1.807, 2.05) is 13.8 Å². The molecule has 1 N–H and O–H groups in total. The number of carbonyl (C=O) groups is 1. The molecular formula is C16H19FN2O2. The Kier molecular flexibility index (Phi) is 4.85. The molecular weight excluding hydrogens is 271 g/mol. The van der Waals surface area contributed by atoms with Gasteiger partial charge < -0.3 is 5.11 Å². The van der Waals surface area contributed by atoms with Gasteiger partial charge in [0.25, 0.3) is 0 Å². The molecule has 0 amide bonds. The number of carboxylic acid groups (broad SMARTS) is 1. The summed E-state index contributed by atoms with van der Waals surface area (Å²) in [5.74, 6) is -1.11. The first-order valence-electron chi connectivity index (χ1n) is 7.01. The first-order valence-corrected chi connectivity index (χ1v) is 7.01. The second kappa shape index (κ2) is 6.63. The lowest BCUT2D eigenvalue weighted by Gasteiger charge is -2.27. The summed E-state index contributed by atoms with van der Waals surface area (Å²) in [6.45, 7) is 5.15. The van der Waals surface area contributed by atoms with Crippen molar-refractivity contribution >= 4 is 16.9 Å². The summed E-state index contributed by atoms with van der Waals surface area (Å²) in [7, 11) is 0. The standard InChI is InChI=1S/C16H19FN2O2/c1-3-19(11(2)9-15(20)21)10-12-6-7-14(17)13-5-4-8-18-16(12)13/h4-8,11H,3,9-10H2,1-2H3,(H,20,21). The third kappa shape index (κ3) is 3.55. The van der Waals surface area contributed by atoms with E-state index in [0.717, 1.165) is 12.1 Å². The lowest BCUT2D eigenvalue weighted by molar-refractivity contribution is -0.138. The van der Waals surface area contributed by atoms with E-state index in [2.05, 4.69) is 9.88 Å². The van der Waals surface area contributed by atoms with E-state index in [0.29, 0.717) is 17.4 Å². The van der Waals surface area contributed by atoms with Crippen LogP contribution < -0.4 is 0 Å². The van der Waals surface area contributed by atoms with Crippen LogP contribution in [0.5, 0.6) is 0 Å². The van der Waals surface area contributed by atoms with E-state index < -0.39 is 5.97 Å². The van der Waals surface area contributed by atoms with Crippen molar-refractivity contribution in [3.8, 4) is 0 Å². The summed E-state index contributed by atoms with van der Waals surface area (Å²) in [4.78, 5) is 17.2. The van der Waals surface area contributed by atoms with E-state index in [4.69, 9.17) is 5.11 Å². The van der Waals surface area contributed by atoms with E-state index in [1.54, 1.807) is 24.4 Å². The summed E-state index contributed by atoms with van der Waals surface area (Å²) in [6.07, 6.45) is 1.72. The molecule has 4 nitrogen and oxygen atoms in total. The van der Waals surface area contributed by atoms with Gasteiger partial charge in [0.05, 0.1) is 11.9 Å². The normalized spacial score (nSPS) is 12.8. The number of aromatic nitrogens is 1. The third-order valence-corrected chi connectivity index (χ3v) is 3.67. The fourth-order valence-corrected chi connectivity index (χ4v) is 2.50. The SMILES string of the molecule is CCN(Cc1ccc(F)c2cccnc12)C(C)CC(=O)O. The third-order valence-electron chi connectivity index (χ3n) is 3.67. The van der Waals surface area contributed by atoms with Gasteiger partial charge in [0.2, 0.25) is 0 Å². The minimum Gasteiger partial charge on any atom is -0.481 e. The molecule has 0 aliphatic carbocycles. The fraction of sp³-hybridized carbons (Fsp3) is 0.375. The molecule has 1 aromatic carbocycles. The summed E-state index contributed by atoms with van der Waals surface area (Å²) < 4.78 is 13.8. The summed E-state index contributed by atoms with van der Waals surface area (Å²) in [5.41, 5.74) is 1.55. The van der Waals surface area contributed by atoms with Crippen molar-refractivity contribution in [3.05, 3.63) is 41.8 Å². The number of halogens is 1. The maximum atomic E-state index is 13.8. The average Bonchev–Trinajstić information content (AvgIpc) is 2.46. The number of aliphatic carboxylic acids is 1. The molecule has 0 aliphatic rings. The highest BCUT2D eigenvalue weighted by Crippen LogP contribution is 2.22. The van der Waals surface area contributed by atoms with Crippen molar-refractivity contribution in [3.63, 3.8) is 0 Å². The number of benzene rings is 1. The monoisotopic (exact) mass is 290 g/mol. The van der Waals surface area contributed by atoms with Crippen molar-refractivity contribution in [2.45, 2.75) is 32.9 Å². The van der Waals surface area contributed by atoms with Gasteiger partial charge in [-0.1, -0.05) is 13.0 Å². The van der Waals surface area contributed by atoms with Crippen molar-refractivity contribution in [2.75, 3.05) is 6.54 Å². The maximum absolute atomic E-state index is 13.8. The van der Waals surface area contributed by atoms with Gasteiger partial charge in [-0.05, 0) is 37.2 Å². The number of fused-ring (bicyclic) bond motifs is 1. The number of pyridine rings is 1. The second-order valence-corrected chi connectivity index (χ2v) is 5.12. The molecule has 2 rings (SSSR count). The van der Waals surface area contributed by atoms with Gasteiger partial charge in [0.15, 0.2) is 0 Å². The molecule has 0 saturated heterocycles. The number of rotatable bonds is 6. The Morgan fingerprint density at radius 1 is 1.43 bits per heavy atom. The molecule has 1 unspecified atom stereocenters. The number of nitrogens with zero attached hydrogens (tertiary/aromatic N) is 2. The first-order chi connectivity index (χ1) is 10.0.